The van der Waals surface area contributed by atoms with Gasteiger partial charge in [0.1, 0.15) is 0 Å². The first-order valence-electron chi connectivity index (χ1n) is 10.3. The van der Waals surface area contributed by atoms with Gasteiger partial charge < -0.3 is 14.9 Å². The number of rotatable bonds is 4. The second-order valence-electron chi connectivity index (χ2n) is 8.25. The van der Waals surface area contributed by atoms with Crippen LogP contribution in [-0.4, -0.2) is 47.0 Å². The van der Waals surface area contributed by atoms with E-state index in [1.165, 1.54) is 11.9 Å². The van der Waals surface area contributed by atoms with Crippen LogP contribution >= 0.6 is 0 Å². The van der Waals surface area contributed by atoms with Crippen molar-refractivity contribution in [2.75, 3.05) is 20.1 Å². The molecule has 0 aliphatic carbocycles. The molecular formula is C23H22F6N2O3. The normalized spacial score (nSPS) is 19.1. The summed E-state index contributed by atoms with van der Waals surface area (Å²) in [6.45, 7) is -0.331. The van der Waals surface area contributed by atoms with Gasteiger partial charge in [-0.25, -0.2) is 4.79 Å². The minimum absolute atomic E-state index is 0.0401. The number of piperidine rings is 1. The zero-order valence-electron chi connectivity index (χ0n) is 18.0. The third-order valence-corrected chi connectivity index (χ3v) is 5.87. The van der Waals surface area contributed by atoms with E-state index in [9.17, 15) is 41.0 Å². The summed E-state index contributed by atoms with van der Waals surface area (Å²) in [5.41, 5.74) is -2.49. The summed E-state index contributed by atoms with van der Waals surface area (Å²) in [4.78, 5) is 27.0. The van der Waals surface area contributed by atoms with E-state index in [2.05, 4.69) is 0 Å². The summed E-state index contributed by atoms with van der Waals surface area (Å²) in [6, 6.07) is 9.97. The fourth-order valence-electron chi connectivity index (χ4n) is 4.20. The fraction of sp³-hybridized carbons (Fsp3) is 0.391. The van der Waals surface area contributed by atoms with Gasteiger partial charge in [-0.15, -0.1) is 0 Å². The molecule has 1 aliphatic heterocycles. The quantitative estimate of drug-likeness (QED) is 0.581. The van der Waals surface area contributed by atoms with Gasteiger partial charge in [0.25, 0.3) is 0 Å². The Balaban J connectivity index is 1.87. The van der Waals surface area contributed by atoms with Crippen molar-refractivity contribution in [2.24, 2.45) is 5.92 Å². The molecule has 1 fully saturated rings. The molecule has 5 nitrogen and oxygen atoms in total. The lowest BCUT2D eigenvalue weighted by Crippen LogP contribution is -2.47. The lowest BCUT2D eigenvalue weighted by Gasteiger charge is -2.38. The lowest BCUT2D eigenvalue weighted by atomic mass is 9.80. The molecule has 0 saturated carbocycles. The van der Waals surface area contributed by atoms with Crippen molar-refractivity contribution in [3.05, 3.63) is 70.8 Å². The molecule has 2 unspecified atom stereocenters. The lowest BCUT2D eigenvalue weighted by molar-refractivity contribution is -0.143. The van der Waals surface area contributed by atoms with Crippen molar-refractivity contribution in [3.63, 3.8) is 0 Å². The summed E-state index contributed by atoms with van der Waals surface area (Å²) < 4.78 is 79.0. The van der Waals surface area contributed by atoms with Crippen LogP contribution in [0.15, 0.2) is 48.5 Å². The monoisotopic (exact) mass is 488 g/mol. The van der Waals surface area contributed by atoms with Crippen LogP contribution in [0, 0.1) is 5.92 Å². The minimum atomic E-state index is -4.99. The second-order valence-corrected chi connectivity index (χ2v) is 8.25. The maximum Gasteiger partial charge on any atom is 0.416 e. The number of halogens is 6. The van der Waals surface area contributed by atoms with Crippen LogP contribution in [0.2, 0.25) is 0 Å². The van der Waals surface area contributed by atoms with E-state index in [0.29, 0.717) is 12.1 Å². The van der Waals surface area contributed by atoms with E-state index in [1.54, 1.807) is 30.3 Å². The number of benzene rings is 2. The molecule has 3 rings (SSSR count). The number of amides is 2. The molecule has 1 heterocycles. The molecule has 1 N–H and O–H groups in total. The molecule has 0 aromatic heterocycles. The van der Waals surface area contributed by atoms with E-state index in [4.69, 9.17) is 0 Å². The van der Waals surface area contributed by atoms with Crippen LogP contribution in [0.25, 0.3) is 0 Å². The van der Waals surface area contributed by atoms with Crippen LogP contribution in [-0.2, 0) is 23.7 Å². The maximum atomic E-state index is 13.2. The van der Waals surface area contributed by atoms with Crippen molar-refractivity contribution in [3.8, 4) is 0 Å². The van der Waals surface area contributed by atoms with Gasteiger partial charge in [-0.1, -0.05) is 30.3 Å². The molecule has 1 saturated heterocycles. The standard InChI is InChI=1S/C23H22F6N2O3/c1-30(12-14-9-16(22(24,25)26)11-17(10-14)23(27,28)29)20(32)18-7-8-31(21(33)34)13-19(18)15-5-3-2-4-6-15/h2-6,9-11,18-19H,7-8,12-13H2,1H3,(H,33,34). The minimum Gasteiger partial charge on any atom is -0.465 e. The van der Waals surface area contributed by atoms with Gasteiger partial charge in [0.05, 0.1) is 11.1 Å². The highest BCUT2D eigenvalue weighted by atomic mass is 19.4. The Morgan fingerprint density at radius 2 is 1.56 bits per heavy atom. The largest absolute Gasteiger partial charge is 0.465 e. The topological polar surface area (TPSA) is 60.9 Å². The molecule has 2 amide bonds. The third kappa shape index (κ3) is 5.81. The Labute approximate surface area is 191 Å². The van der Waals surface area contributed by atoms with Crippen molar-refractivity contribution in [1.29, 1.82) is 0 Å². The first-order valence-corrected chi connectivity index (χ1v) is 10.3. The van der Waals surface area contributed by atoms with Crippen LogP contribution < -0.4 is 0 Å². The van der Waals surface area contributed by atoms with Gasteiger partial charge in [-0.05, 0) is 35.7 Å². The highest BCUT2D eigenvalue weighted by Gasteiger charge is 2.39. The van der Waals surface area contributed by atoms with Gasteiger partial charge in [0.15, 0.2) is 0 Å². The molecule has 1 aliphatic rings. The molecule has 0 radical (unpaired) electrons. The summed E-state index contributed by atoms with van der Waals surface area (Å²) in [6.07, 6.45) is -10.9. The number of carbonyl (C=O) groups is 2. The Morgan fingerprint density at radius 1 is 1.00 bits per heavy atom. The average Bonchev–Trinajstić information content (AvgIpc) is 2.77. The summed E-state index contributed by atoms with van der Waals surface area (Å²) in [5, 5.41) is 9.36. The highest BCUT2D eigenvalue weighted by Crippen LogP contribution is 2.37. The molecule has 2 aromatic rings. The van der Waals surface area contributed by atoms with E-state index < -0.39 is 53.9 Å². The smallest absolute Gasteiger partial charge is 0.416 e. The number of alkyl halides is 6. The Hall–Kier alpha value is -3.24. The van der Waals surface area contributed by atoms with Crippen LogP contribution in [0.1, 0.15) is 34.6 Å². The van der Waals surface area contributed by atoms with E-state index in [-0.39, 0.29) is 31.1 Å². The summed E-state index contributed by atoms with van der Waals surface area (Å²) in [7, 11) is 1.31. The van der Waals surface area contributed by atoms with Gasteiger partial charge in [-0.3, -0.25) is 4.79 Å². The molecule has 2 atom stereocenters. The number of carboxylic acid groups (broad SMARTS) is 1. The number of carbonyl (C=O) groups excluding carboxylic acids is 1. The molecule has 11 heteroatoms. The Bertz CT molecular complexity index is 1010. The number of hydrogen-bond donors (Lipinski definition) is 1. The van der Waals surface area contributed by atoms with Crippen LogP contribution in [0.4, 0.5) is 31.1 Å². The van der Waals surface area contributed by atoms with Crippen LogP contribution in [0.3, 0.4) is 0 Å². The first kappa shape index (κ1) is 25.4. The highest BCUT2D eigenvalue weighted by molar-refractivity contribution is 5.80. The Kier molecular flexibility index (Phi) is 7.13. The average molecular weight is 488 g/mol. The van der Waals surface area contributed by atoms with Gasteiger partial charge in [0, 0.05) is 38.5 Å². The predicted octanol–water partition coefficient (Wildman–Crippen LogP) is 5.47. The maximum absolute atomic E-state index is 13.2. The first-order chi connectivity index (χ1) is 15.8. The summed E-state index contributed by atoms with van der Waals surface area (Å²) in [5.74, 6) is -1.67. The van der Waals surface area contributed by atoms with Gasteiger partial charge >= 0.3 is 18.4 Å². The zero-order chi connectivity index (χ0) is 25.3. The van der Waals surface area contributed by atoms with Crippen LogP contribution in [0.5, 0.6) is 0 Å². The van der Waals surface area contributed by atoms with Crippen molar-refractivity contribution in [2.45, 2.75) is 31.2 Å². The third-order valence-electron chi connectivity index (χ3n) is 5.87. The van der Waals surface area contributed by atoms with Crippen molar-refractivity contribution in [1.82, 2.24) is 9.80 Å². The van der Waals surface area contributed by atoms with E-state index in [0.717, 1.165) is 10.5 Å². The Morgan fingerprint density at radius 3 is 2.06 bits per heavy atom. The number of hydrogen-bond acceptors (Lipinski definition) is 2. The van der Waals surface area contributed by atoms with Gasteiger partial charge in [-0.2, -0.15) is 26.3 Å². The van der Waals surface area contributed by atoms with Crippen molar-refractivity contribution < 1.29 is 41.0 Å². The number of nitrogens with zero attached hydrogens (tertiary/aromatic N) is 2. The summed E-state index contributed by atoms with van der Waals surface area (Å²) >= 11 is 0. The van der Waals surface area contributed by atoms with E-state index >= 15 is 0 Å². The van der Waals surface area contributed by atoms with E-state index in [1.807, 2.05) is 0 Å². The fourth-order valence-corrected chi connectivity index (χ4v) is 4.20. The SMILES string of the molecule is CN(Cc1cc(C(F)(F)F)cc(C(F)(F)F)c1)C(=O)C1CCN(C(=O)O)CC1c1ccccc1. The molecule has 184 valence electrons. The zero-order valence-corrected chi connectivity index (χ0v) is 18.0. The van der Waals surface area contributed by atoms with Gasteiger partial charge in [0.2, 0.25) is 5.91 Å². The molecule has 0 spiro atoms. The second kappa shape index (κ2) is 9.55. The number of likely N-dealkylation sites (tertiary alicyclic amines) is 1. The van der Waals surface area contributed by atoms with Crippen molar-refractivity contribution >= 4 is 12.0 Å². The molecule has 2 aromatic carbocycles. The molecule has 0 bridgehead atoms. The molecular weight excluding hydrogens is 466 g/mol. The molecule has 34 heavy (non-hydrogen) atoms. The predicted molar refractivity (Wildman–Crippen MR) is 110 cm³/mol.